The molecule has 1 fully saturated rings. The molecule has 0 amide bonds. The first-order valence-electron chi connectivity index (χ1n) is 7.42. The number of hydrogen-bond donors (Lipinski definition) is 1. The van der Waals surface area contributed by atoms with E-state index in [-0.39, 0.29) is 6.10 Å². The molecule has 0 aromatic carbocycles. The maximum Gasteiger partial charge on any atom is 0.137 e. The van der Waals surface area contributed by atoms with Crippen LogP contribution in [0.3, 0.4) is 0 Å². The van der Waals surface area contributed by atoms with Crippen molar-refractivity contribution in [3.05, 3.63) is 0 Å². The van der Waals surface area contributed by atoms with E-state index in [0.717, 1.165) is 0 Å². The van der Waals surface area contributed by atoms with Crippen LogP contribution in [0.2, 0.25) is 18.1 Å². The molecule has 2 heteroatoms. The highest BCUT2D eigenvalue weighted by molar-refractivity contribution is 6.87. The Labute approximate surface area is 114 Å². The highest BCUT2D eigenvalue weighted by Gasteiger charge is 2.33. The van der Waals surface area contributed by atoms with Gasteiger partial charge in [0.1, 0.15) is 8.07 Å². The number of aliphatic hydroxyl groups is 1. The lowest BCUT2D eigenvalue weighted by Gasteiger charge is -2.31. The van der Waals surface area contributed by atoms with Crippen molar-refractivity contribution in [3.63, 3.8) is 0 Å². The highest BCUT2D eigenvalue weighted by atomic mass is 28.3. The van der Waals surface area contributed by atoms with Gasteiger partial charge in [0.15, 0.2) is 0 Å². The van der Waals surface area contributed by atoms with E-state index < -0.39 is 8.07 Å². The van der Waals surface area contributed by atoms with E-state index in [0.29, 0.717) is 17.4 Å². The molecule has 1 N–H and O–H groups in total. The zero-order chi connectivity index (χ0) is 13.8. The second-order valence-electron chi connectivity index (χ2n) is 7.35. The summed E-state index contributed by atoms with van der Waals surface area (Å²) in [5, 5.41) is 10.5. The quantitative estimate of drug-likeness (QED) is 0.581. The molecule has 0 aromatic heterocycles. The van der Waals surface area contributed by atoms with E-state index in [1.807, 2.05) is 0 Å². The maximum absolute atomic E-state index is 10.2. The second kappa shape index (κ2) is 6.26. The Balaban J connectivity index is 2.49. The summed E-state index contributed by atoms with van der Waals surface area (Å²) < 4.78 is 0. The van der Waals surface area contributed by atoms with Crippen molar-refractivity contribution in [2.24, 2.45) is 5.92 Å². The fourth-order valence-corrected chi connectivity index (χ4v) is 3.17. The SMILES string of the molecule is CC(C)(C)[Si](C)(C)C#CCC(O)C1CCCCC1. The molecular weight excluding hydrogens is 236 g/mol. The predicted molar refractivity (Wildman–Crippen MR) is 82.2 cm³/mol. The van der Waals surface area contributed by atoms with Gasteiger partial charge in [0.25, 0.3) is 0 Å². The molecule has 18 heavy (non-hydrogen) atoms. The van der Waals surface area contributed by atoms with Crippen molar-refractivity contribution in [1.29, 1.82) is 0 Å². The molecule has 0 aromatic rings. The number of hydrogen-bond acceptors (Lipinski definition) is 1. The Hall–Kier alpha value is -0.263. The van der Waals surface area contributed by atoms with Crippen LogP contribution in [0.25, 0.3) is 0 Å². The highest BCUT2D eigenvalue weighted by Crippen LogP contribution is 2.35. The maximum atomic E-state index is 10.2. The zero-order valence-electron chi connectivity index (χ0n) is 12.8. The average Bonchev–Trinajstić information content (AvgIpc) is 2.28. The minimum Gasteiger partial charge on any atom is -0.392 e. The van der Waals surface area contributed by atoms with E-state index in [1.54, 1.807) is 0 Å². The summed E-state index contributed by atoms with van der Waals surface area (Å²) in [7, 11) is -1.49. The molecule has 1 saturated carbocycles. The minimum absolute atomic E-state index is 0.192. The van der Waals surface area contributed by atoms with Crippen LogP contribution in [0, 0.1) is 17.4 Å². The smallest absolute Gasteiger partial charge is 0.137 e. The number of aliphatic hydroxyl groups excluding tert-OH is 1. The molecule has 1 aliphatic carbocycles. The van der Waals surface area contributed by atoms with Gasteiger partial charge in [0.2, 0.25) is 0 Å². The topological polar surface area (TPSA) is 20.2 Å². The fraction of sp³-hybridized carbons (Fsp3) is 0.875. The molecule has 0 aliphatic heterocycles. The van der Waals surface area contributed by atoms with Crippen LogP contribution < -0.4 is 0 Å². The summed E-state index contributed by atoms with van der Waals surface area (Å²) in [6.45, 7) is 11.5. The van der Waals surface area contributed by atoms with Gasteiger partial charge in [0.05, 0.1) is 6.10 Å². The van der Waals surface area contributed by atoms with Crippen LogP contribution in [0.1, 0.15) is 59.3 Å². The van der Waals surface area contributed by atoms with Crippen LogP contribution >= 0.6 is 0 Å². The van der Waals surface area contributed by atoms with Crippen molar-refractivity contribution >= 4 is 8.07 Å². The third kappa shape index (κ3) is 4.44. The molecule has 1 aliphatic rings. The van der Waals surface area contributed by atoms with Gasteiger partial charge in [-0.1, -0.05) is 53.1 Å². The third-order valence-electron chi connectivity index (χ3n) is 4.78. The second-order valence-corrected chi connectivity index (χ2v) is 12.3. The summed E-state index contributed by atoms with van der Waals surface area (Å²) in [5.74, 6) is 3.80. The predicted octanol–water partition coefficient (Wildman–Crippen LogP) is 4.37. The summed E-state index contributed by atoms with van der Waals surface area (Å²) >= 11 is 0. The van der Waals surface area contributed by atoms with Crippen molar-refractivity contribution in [2.45, 2.75) is 83.5 Å². The van der Waals surface area contributed by atoms with Crippen LogP contribution in [-0.2, 0) is 0 Å². The van der Waals surface area contributed by atoms with E-state index in [1.165, 1.54) is 32.1 Å². The van der Waals surface area contributed by atoms with E-state index >= 15 is 0 Å². The lowest BCUT2D eigenvalue weighted by atomic mass is 9.84. The zero-order valence-corrected chi connectivity index (χ0v) is 13.8. The Morgan fingerprint density at radius 3 is 2.22 bits per heavy atom. The van der Waals surface area contributed by atoms with Gasteiger partial charge < -0.3 is 5.11 Å². The normalized spacial score (nSPS) is 20.1. The van der Waals surface area contributed by atoms with Crippen LogP contribution in [0.4, 0.5) is 0 Å². The molecule has 0 heterocycles. The van der Waals surface area contributed by atoms with E-state index in [9.17, 15) is 5.11 Å². The van der Waals surface area contributed by atoms with Crippen molar-refractivity contribution in [3.8, 4) is 11.5 Å². The Morgan fingerprint density at radius 1 is 1.17 bits per heavy atom. The van der Waals surface area contributed by atoms with Crippen LogP contribution in [0.5, 0.6) is 0 Å². The monoisotopic (exact) mass is 266 g/mol. The van der Waals surface area contributed by atoms with Crippen molar-refractivity contribution < 1.29 is 5.11 Å². The summed E-state index contributed by atoms with van der Waals surface area (Å²) in [4.78, 5) is 0. The molecule has 1 nitrogen and oxygen atoms in total. The molecule has 1 rings (SSSR count). The Morgan fingerprint density at radius 2 is 1.72 bits per heavy atom. The van der Waals surface area contributed by atoms with Crippen molar-refractivity contribution in [2.75, 3.05) is 0 Å². The third-order valence-corrected chi connectivity index (χ3v) is 9.33. The van der Waals surface area contributed by atoms with Crippen LogP contribution in [-0.4, -0.2) is 19.3 Å². The van der Waals surface area contributed by atoms with Gasteiger partial charge >= 0.3 is 0 Å². The summed E-state index contributed by atoms with van der Waals surface area (Å²) in [6, 6.07) is 0. The molecular formula is C16H30OSi. The Bertz CT molecular complexity index is 310. The van der Waals surface area contributed by atoms with Gasteiger partial charge in [0, 0.05) is 6.42 Å². The van der Waals surface area contributed by atoms with Gasteiger partial charge in [-0.2, -0.15) is 0 Å². The van der Waals surface area contributed by atoms with Gasteiger partial charge in [-0.15, -0.1) is 11.5 Å². The fourth-order valence-electron chi connectivity index (χ4n) is 2.25. The first-order chi connectivity index (χ1) is 8.24. The first-order valence-corrected chi connectivity index (χ1v) is 10.4. The first kappa shape index (κ1) is 15.8. The largest absolute Gasteiger partial charge is 0.392 e. The minimum atomic E-state index is -1.49. The molecule has 1 atom stereocenters. The molecule has 1 unspecified atom stereocenters. The summed E-state index contributed by atoms with van der Waals surface area (Å²) in [6.07, 6.45) is 6.80. The molecule has 0 spiro atoms. The van der Waals surface area contributed by atoms with Gasteiger partial charge in [-0.05, 0) is 23.8 Å². The average molecular weight is 267 g/mol. The Kier molecular flexibility index (Phi) is 5.49. The van der Waals surface area contributed by atoms with Gasteiger partial charge in [-0.3, -0.25) is 0 Å². The molecule has 0 radical (unpaired) electrons. The van der Waals surface area contributed by atoms with E-state index in [2.05, 4.69) is 45.3 Å². The standard InChI is InChI=1S/C16H30OSi/c1-16(2,3)18(4,5)13-9-12-15(17)14-10-7-6-8-11-14/h14-15,17H,6-8,10-12H2,1-5H3. The number of rotatable bonds is 2. The summed E-state index contributed by atoms with van der Waals surface area (Å²) in [5.41, 5.74) is 3.50. The van der Waals surface area contributed by atoms with Gasteiger partial charge in [-0.25, -0.2) is 0 Å². The lowest BCUT2D eigenvalue weighted by Crippen LogP contribution is -2.35. The van der Waals surface area contributed by atoms with E-state index in [4.69, 9.17) is 0 Å². The van der Waals surface area contributed by atoms with Crippen molar-refractivity contribution in [1.82, 2.24) is 0 Å². The lowest BCUT2D eigenvalue weighted by molar-refractivity contribution is 0.0892. The van der Waals surface area contributed by atoms with Crippen LogP contribution in [0.15, 0.2) is 0 Å². The molecule has 0 bridgehead atoms. The molecule has 0 saturated heterocycles. The molecule has 104 valence electrons.